The predicted octanol–water partition coefficient (Wildman–Crippen LogP) is 0.650. The zero-order valence-electron chi connectivity index (χ0n) is 10.3. The molecular formula is C13H19FN2O2. The highest BCUT2D eigenvalue weighted by molar-refractivity contribution is 5.26. The van der Waals surface area contributed by atoms with Gasteiger partial charge in [0.15, 0.2) is 0 Å². The van der Waals surface area contributed by atoms with Crippen LogP contribution in [0.2, 0.25) is 0 Å². The molecule has 3 N–H and O–H groups in total. The van der Waals surface area contributed by atoms with Crippen LogP contribution in [0.15, 0.2) is 18.2 Å². The van der Waals surface area contributed by atoms with Crippen LogP contribution in [-0.4, -0.2) is 42.9 Å². The number of hydrogen-bond acceptors (Lipinski definition) is 4. The van der Waals surface area contributed by atoms with Crippen LogP contribution >= 0.6 is 0 Å². The molecule has 0 aliphatic carbocycles. The summed E-state index contributed by atoms with van der Waals surface area (Å²) in [4.78, 5) is 2.16. The Bertz CT molecular complexity index is 395. The van der Waals surface area contributed by atoms with E-state index in [9.17, 15) is 4.39 Å². The Hall–Kier alpha value is -1.01. The Morgan fingerprint density at radius 2 is 2.11 bits per heavy atom. The average molecular weight is 254 g/mol. The van der Waals surface area contributed by atoms with Crippen molar-refractivity contribution in [1.82, 2.24) is 4.90 Å². The molecule has 100 valence electrons. The van der Waals surface area contributed by atoms with Crippen LogP contribution in [0.4, 0.5) is 4.39 Å². The summed E-state index contributed by atoms with van der Waals surface area (Å²) in [6.45, 7) is 3.48. The third-order valence-corrected chi connectivity index (χ3v) is 3.20. The summed E-state index contributed by atoms with van der Waals surface area (Å²) in [5.41, 5.74) is 6.94. The second-order valence-corrected chi connectivity index (χ2v) is 4.53. The van der Waals surface area contributed by atoms with Gasteiger partial charge in [0.2, 0.25) is 0 Å². The molecule has 1 fully saturated rings. The third-order valence-electron chi connectivity index (χ3n) is 3.20. The van der Waals surface area contributed by atoms with Crippen molar-refractivity contribution in [2.75, 3.05) is 32.9 Å². The molecule has 0 amide bonds. The Kier molecular flexibility index (Phi) is 4.66. The number of rotatable bonds is 4. The van der Waals surface area contributed by atoms with E-state index >= 15 is 0 Å². The van der Waals surface area contributed by atoms with Crippen molar-refractivity contribution in [2.45, 2.75) is 12.6 Å². The predicted molar refractivity (Wildman–Crippen MR) is 66.5 cm³/mol. The second kappa shape index (κ2) is 6.24. The summed E-state index contributed by atoms with van der Waals surface area (Å²) in [5.74, 6) is -0.261. The average Bonchev–Trinajstić information content (AvgIpc) is 2.41. The van der Waals surface area contributed by atoms with Gasteiger partial charge in [-0.25, -0.2) is 4.39 Å². The summed E-state index contributed by atoms with van der Waals surface area (Å²) < 4.78 is 19.2. The van der Waals surface area contributed by atoms with Gasteiger partial charge in [0.1, 0.15) is 5.82 Å². The molecular weight excluding hydrogens is 235 g/mol. The number of nitrogens with two attached hydrogens (primary N) is 1. The lowest BCUT2D eigenvalue weighted by Gasteiger charge is -2.26. The van der Waals surface area contributed by atoms with Crippen LogP contribution in [-0.2, 0) is 11.3 Å². The lowest BCUT2D eigenvalue weighted by Crippen LogP contribution is -2.35. The van der Waals surface area contributed by atoms with Gasteiger partial charge in [-0.1, -0.05) is 12.1 Å². The number of aliphatic hydroxyl groups is 1. The second-order valence-electron chi connectivity index (χ2n) is 4.53. The summed E-state index contributed by atoms with van der Waals surface area (Å²) in [6, 6.07) is 4.42. The van der Waals surface area contributed by atoms with Crippen molar-refractivity contribution in [1.29, 1.82) is 0 Å². The molecule has 0 spiro atoms. The molecule has 2 rings (SSSR count). The van der Waals surface area contributed by atoms with Gasteiger partial charge in [-0.3, -0.25) is 4.90 Å². The molecule has 0 saturated carbocycles. The van der Waals surface area contributed by atoms with E-state index in [-0.39, 0.29) is 12.4 Å². The fraction of sp³-hybridized carbons (Fsp3) is 0.538. The summed E-state index contributed by atoms with van der Waals surface area (Å²) in [7, 11) is 0. The van der Waals surface area contributed by atoms with Crippen LogP contribution in [0.25, 0.3) is 0 Å². The maximum Gasteiger partial charge on any atom is 0.128 e. The number of nitrogens with zero attached hydrogens (tertiary/aromatic N) is 1. The number of halogens is 1. The van der Waals surface area contributed by atoms with Crippen LogP contribution in [0.3, 0.4) is 0 Å². The molecule has 1 aliphatic rings. The van der Waals surface area contributed by atoms with E-state index in [2.05, 4.69) is 4.90 Å². The monoisotopic (exact) mass is 254 g/mol. The molecule has 0 aromatic heterocycles. The fourth-order valence-corrected chi connectivity index (χ4v) is 2.03. The van der Waals surface area contributed by atoms with Crippen molar-refractivity contribution in [3.05, 3.63) is 35.1 Å². The molecule has 4 nitrogen and oxygen atoms in total. The highest BCUT2D eigenvalue weighted by Gasteiger charge is 2.14. The Balaban J connectivity index is 2.04. The number of benzene rings is 1. The number of hydrogen-bond donors (Lipinski definition) is 2. The molecule has 1 unspecified atom stereocenters. The SMILES string of the molecule is NC(CO)c1ccc(CN2CCOCC2)c(F)c1. The molecule has 18 heavy (non-hydrogen) atoms. The van der Waals surface area contributed by atoms with Gasteiger partial charge < -0.3 is 15.6 Å². The molecule has 1 aromatic rings. The van der Waals surface area contributed by atoms with Crippen molar-refractivity contribution in [2.24, 2.45) is 5.73 Å². The molecule has 5 heteroatoms. The highest BCUT2D eigenvalue weighted by atomic mass is 19.1. The number of aliphatic hydroxyl groups excluding tert-OH is 1. The standard InChI is InChI=1S/C13H19FN2O2/c14-12-7-10(13(15)9-17)1-2-11(12)8-16-3-5-18-6-4-16/h1-2,7,13,17H,3-6,8-9,15H2. The van der Waals surface area contributed by atoms with Crippen LogP contribution in [0.5, 0.6) is 0 Å². The maximum absolute atomic E-state index is 13.9. The quantitative estimate of drug-likeness (QED) is 0.828. The van der Waals surface area contributed by atoms with Gasteiger partial charge in [-0.2, -0.15) is 0 Å². The molecule has 1 atom stereocenters. The molecule has 0 bridgehead atoms. The summed E-state index contributed by atoms with van der Waals surface area (Å²) in [5, 5.41) is 8.94. The zero-order chi connectivity index (χ0) is 13.0. The van der Waals surface area contributed by atoms with Gasteiger partial charge in [-0.05, 0) is 11.6 Å². The van der Waals surface area contributed by atoms with Crippen molar-refractivity contribution >= 4 is 0 Å². The van der Waals surface area contributed by atoms with Crippen molar-refractivity contribution in [3.8, 4) is 0 Å². The normalized spacial score (nSPS) is 18.8. The number of morpholine rings is 1. The first-order valence-electron chi connectivity index (χ1n) is 6.15. The van der Waals surface area contributed by atoms with E-state index in [0.29, 0.717) is 30.9 Å². The van der Waals surface area contributed by atoms with Gasteiger partial charge in [-0.15, -0.1) is 0 Å². The first kappa shape index (κ1) is 13.4. The summed E-state index contributed by atoms with van der Waals surface area (Å²) in [6.07, 6.45) is 0. The molecule has 0 radical (unpaired) electrons. The largest absolute Gasteiger partial charge is 0.394 e. The van der Waals surface area contributed by atoms with E-state index in [1.165, 1.54) is 6.07 Å². The lowest BCUT2D eigenvalue weighted by atomic mass is 10.0. The topological polar surface area (TPSA) is 58.7 Å². The minimum Gasteiger partial charge on any atom is -0.394 e. The Morgan fingerprint density at radius 1 is 1.39 bits per heavy atom. The first-order valence-corrected chi connectivity index (χ1v) is 6.15. The van der Waals surface area contributed by atoms with Gasteiger partial charge >= 0.3 is 0 Å². The van der Waals surface area contributed by atoms with Crippen LogP contribution in [0.1, 0.15) is 17.2 Å². The molecule has 1 aliphatic heterocycles. The van der Waals surface area contributed by atoms with Gasteiger partial charge in [0.25, 0.3) is 0 Å². The summed E-state index contributed by atoms with van der Waals surface area (Å²) >= 11 is 0. The van der Waals surface area contributed by atoms with E-state index in [4.69, 9.17) is 15.6 Å². The minimum atomic E-state index is -0.517. The fourth-order valence-electron chi connectivity index (χ4n) is 2.03. The molecule has 1 heterocycles. The van der Waals surface area contributed by atoms with Crippen molar-refractivity contribution < 1.29 is 14.2 Å². The van der Waals surface area contributed by atoms with E-state index in [1.54, 1.807) is 12.1 Å². The van der Waals surface area contributed by atoms with E-state index in [0.717, 1.165) is 13.1 Å². The molecule has 1 saturated heterocycles. The van der Waals surface area contributed by atoms with Gasteiger partial charge in [0.05, 0.1) is 25.9 Å². The zero-order valence-corrected chi connectivity index (χ0v) is 10.3. The maximum atomic E-state index is 13.9. The first-order chi connectivity index (χ1) is 8.70. The van der Waals surface area contributed by atoms with E-state index < -0.39 is 6.04 Å². The number of ether oxygens (including phenoxy) is 1. The Morgan fingerprint density at radius 3 is 2.72 bits per heavy atom. The van der Waals surface area contributed by atoms with Crippen LogP contribution < -0.4 is 5.73 Å². The van der Waals surface area contributed by atoms with Gasteiger partial charge in [0, 0.05) is 25.2 Å². The third kappa shape index (κ3) is 3.26. The van der Waals surface area contributed by atoms with Crippen molar-refractivity contribution in [3.63, 3.8) is 0 Å². The van der Waals surface area contributed by atoms with E-state index in [1.807, 2.05) is 0 Å². The minimum absolute atomic E-state index is 0.178. The smallest absolute Gasteiger partial charge is 0.128 e. The van der Waals surface area contributed by atoms with Crippen LogP contribution in [0, 0.1) is 5.82 Å². The molecule has 1 aromatic carbocycles. The lowest BCUT2D eigenvalue weighted by molar-refractivity contribution is 0.0337. The Labute approximate surface area is 106 Å². The highest BCUT2D eigenvalue weighted by Crippen LogP contribution is 2.17.